The molecule has 0 aliphatic carbocycles. The van der Waals surface area contributed by atoms with Crippen molar-refractivity contribution in [3.63, 3.8) is 0 Å². The second kappa shape index (κ2) is 5.05. The maximum atomic E-state index is 10.5. The molecular weight excluding hydrogens is 370 g/mol. The van der Waals surface area contributed by atoms with Crippen LogP contribution in [0.2, 0.25) is 0 Å². The summed E-state index contributed by atoms with van der Waals surface area (Å²) < 4.78 is 1.77. The summed E-state index contributed by atoms with van der Waals surface area (Å²) in [6, 6.07) is 0. The van der Waals surface area contributed by atoms with Gasteiger partial charge in [0.2, 0.25) is 0 Å². The first-order valence-electron chi connectivity index (χ1n) is 2.34. The number of carbonyl (C=O) groups excluding carboxylic acids is 1. The molecule has 1 rings (SSSR count). The van der Waals surface area contributed by atoms with Gasteiger partial charge in [-0.1, -0.05) is 0 Å². The minimum atomic E-state index is -1.14. The third kappa shape index (κ3) is 2.82. The van der Waals surface area contributed by atoms with E-state index < -0.39 is 21.8 Å². The number of hydrogen-bond acceptors (Lipinski definition) is 2. The second-order valence-corrected chi connectivity index (χ2v) is 13.7. The Labute approximate surface area is 78.2 Å². The Hall–Kier alpha value is 1.34. The van der Waals surface area contributed by atoms with Gasteiger partial charge < -0.3 is 0 Å². The molecule has 6 heteroatoms. The monoisotopic (exact) mass is 375 g/mol. The number of rotatable bonds is 2. The Morgan fingerprint density at radius 2 is 2.44 bits per heavy atom. The summed E-state index contributed by atoms with van der Waals surface area (Å²) in [6.45, 7) is 0.927. The van der Waals surface area contributed by atoms with Gasteiger partial charge >= 0.3 is 66.5 Å². The summed E-state index contributed by atoms with van der Waals surface area (Å²) >= 11 is -1.14. The van der Waals surface area contributed by atoms with Crippen LogP contribution >= 0.6 is 29.1 Å². The molecule has 1 amide bonds. The van der Waals surface area contributed by atoms with Crippen LogP contribution in [-0.4, -0.2) is 16.8 Å². The Kier molecular flexibility index (Phi) is 5.80. The average molecular weight is 375 g/mol. The van der Waals surface area contributed by atoms with E-state index in [4.69, 9.17) is 8.25 Å². The molecule has 0 saturated carbocycles. The second-order valence-electron chi connectivity index (χ2n) is 1.48. The fourth-order valence-corrected chi connectivity index (χ4v) is 8.72. The van der Waals surface area contributed by atoms with Crippen LogP contribution in [-0.2, 0) is 26.6 Å². The van der Waals surface area contributed by atoms with E-state index in [9.17, 15) is 4.79 Å². The maximum absolute atomic E-state index is 10.5. The predicted molar refractivity (Wildman–Crippen MR) is 37.0 cm³/mol. The molecule has 9 heavy (non-hydrogen) atoms. The zero-order valence-corrected chi connectivity index (χ0v) is 12.6. The van der Waals surface area contributed by atoms with E-state index >= 15 is 0 Å². The van der Waals surface area contributed by atoms with Gasteiger partial charge in [0.15, 0.2) is 0 Å². The molecule has 0 aromatic heterocycles. The molecular formula is C3H5Cl2HgNOS. The van der Waals surface area contributed by atoms with Gasteiger partial charge in [-0.2, -0.15) is 0 Å². The van der Waals surface area contributed by atoms with Gasteiger partial charge in [0.05, 0.1) is 0 Å². The van der Waals surface area contributed by atoms with Gasteiger partial charge in [-0.15, -0.1) is 12.4 Å². The third-order valence-electron chi connectivity index (χ3n) is 1.01. The molecule has 0 N–H and O–H groups in total. The van der Waals surface area contributed by atoms with Crippen LogP contribution in [0.4, 0.5) is 0 Å². The van der Waals surface area contributed by atoms with Crippen LogP contribution < -0.4 is 0 Å². The van der Waals surface area contributed by atoms with Gasteiger partial charge in [0.1, 0.15) is 0 Å². The van der Waals surface area contributed by atoms with Crippen molar-refractivity contribution >= 4 is 35.0 Å². The topological polar surface area (TPSA) is 20.3 Å². The van der Waals surface area contributed by atoms with Gasteiger partial charge in [-0.25, -0.2) is 0 Å². The van der Waals surface area contributed by atoms with Crippen LogP contribution in [0.1, 0.15) is 6.42 Å². The Bertz CT molecular complexity index is 114. The Balaban J connectivity index is 0.000000640. The molecule has 0 aromatic rings. The van der Waals surface area contributed by atoms with E-state index in [1.165, 1.54) is 0 Å². The number of nitrogens with zero attached hydrogens (tertiary/aromatic N) is 1. The Morgan fingerprint density at radius 3 is 2.56 bits per heavy atom. The molecule has 1 aliphatic rings. The van der Waals surface area contributed by atoms with Crippen molar-refractivity contribution in [2.24, 2.45) is 0 Å². The van der Waals surface area contributed by atoms with Crippen molar-refractivity contribution in [1.82, 2.24) is 4.31 Å². The molecule has 0 radical (unpaired) electrons. The third-order valence-corrected chi connectivity index (χ3v) is 9.15. The molecule has 50 valence electrons. The number of amides is 1. The summed E-state index contributed by atoms with van der Waals surface area (Å²) in [5, 5.41) is 0. The van der Waals surface area contributed by atoms with Crippen molar-refractivity contribution in [2.45, 2.75) is 6.42 Å². The van der Waals surface area contributed by atoms with Crippen molar-refractivity contribution in [1.29, 1.82) is 0 Å². The molecule has 1 aliphatic heterocycles. The molecule has 0 atom stereocenters. The zero-order chi connectivity index (χ0) is 5.98. The van der Waals surface area contributed by atoms with E-state index in [0.717, 1.165) is 13.0 Å². The summed E-state index contributed by atoms with van der Waals surface area (Å²) in [7, 11) is 7.16. The molecule has 1 heterocycles. The van der Waals surface area contributed by atoms with Crippen LogP contribution in [0.3, 0.4) is 0 Å². The van der Waals surface area contributed by atoms with Crippen molar-refractivity contribution in [2.75, 3.05) is 6.54 Å². The predicted octanol–water partition coefficient (Wildman–Crippen LogP) is 1.44. The standard InChI is InChI=1S/C3H4NOS.2ClH.Hg/c5-3-1-2-4(3)6;;;/h1-2H2;2*1H;/q-1;;;+2/p-1. The fourth-order valence-electron chi connectivity index (χ4n) is 0.490. The molecule has 0 spiro atoms. The van der Waals surface area contributed by atoms with Gasteiger partial charge in [0.25, 0.3) is 0 Å². The van der Waals surface area contributed by atoms with Crippen LogP contribution in [0.15, 0.2) is 0 Å². The summed E-state index contributed by atoms with van der Waals surface area (Å²) in [5.41, 5.74) is 0. The van der Waals surface area contributed by atoms with Crippen molar-refractivity contribution in [3.8, 4) is 0 Å². The van der Waals surface area contributed by atoms with Crippen LogP contribution in [0.25, 0.3) is 0 Å². The van der Waals surface area contributed by atoms with E-state index in [2.05, 4.69) is 0 Å². The summed E-state index contributed by atoms with van der Waals surface area (Å²) in [4.78, 5) is 10.5. The van der Waals surface area contributed by atoms with Crippen LogP contribution in [0, 0.1) is 0 Å². The molecule has 0 bridgehead atoms. The number of halogens is 2. The molecule has 0 aromatic carbocycles. The first-order valence-corrected chi connectivity index (χ1v) is 16.8. The zero-order valence-electron chi connectivity index (χ0n) is 4.67. The average Bonchev–Trinajstić information content (AvgIpc) is 1.79. The normalized spacial score (nSPS) is 15.7. The van der Waals surface area contributed by atoms with Gasteiger partial charge in [0, 0.05) is 0 Å². The van der Waals surface area contributed by atoms with E-state index in [1.54, 1.807) is 12.7 Å². The van der Waals surface area contributed by atoms with E-state index in [-0.39, 0.29) is 18.3 Å². The summed E-state index contributed by atoms with van der Waals surface area (Å²) in [5.74, 6) is 0.260. The fraction of sp³-hybridized carbons (Fsp3) is 0.667. The minimum absolute atomic E-state index is 0. The first-order chi connectivity index (χ1) is 3.84. The van der Waals surface area contributed by atoms with Gasteiger partial charge in [-0.05, 0) is 0 Å². The number of β-lactam (4-membered cyclic amide) rings is 1. The first kappa shape index (κ1) is 10.3. The van der Waals surface area contributed by atoms with Gasteiger partial charge in [-0.3, -0.25) is 0 Å². The molecule has 1 saturated heterocycles. The number of hydrogen-bond donors (Lipinski definition) is 0. The molecule has 1 fully saturated rings. The quantitative estimate of drug-likeness (QED) is 0.414. The van der Waals surface area contributed by atoms with E-state index in [0.29, 0.717) is 0 Å². The van der Waals surface area contributed by atoms with Crippen molar-refractivity contribution in [3.05, 3.63) is 0 Å². The molecule has 2 nitrogen and oxygen atoms in total. The Morgan fingerprint density at radius 1 is 1.78 bits per heavy atom. The number of carbonyl (C=O) groups is 1. The summed E-state index contributed by atoms with van der Waals surface area (Å²) in [6.07, 6.45) is 0.734. The van der Waals surface area contributed by atoms with E-state index in [1.807, 2.05) is 0 Å². The SMILES string of the molecule is Cl.O=C1CCN1[S][Hg][Cl]. The van der Waals surface area contributed by atoms with Crippen molar-refractivity contribution < 1.29 is 26.6 Å². The molecule has 0 unspecified atom stereocenters. The van der Waals surface area contributed by atoms with Crippen LogP contribution in [0.5, 0.6) is 0 Å².